The minimum Gasteiger partial charge on any atom is -0.468 e. The van der Waals surface area contributed by atoms with Crippen LogP contribution in [0.25, 0.3) is 0 Å². The van der Waals surface area contributed by atoms with Gasteiger partial charge in [-0.15, -0.1) is 24.0 Å². The van der Waals surface area contributed by atoms with Gasteiger partial charge in [-0.05, 0) is 25.8 Å². The van der Waals surface area contributed by atoms with Gasteiger partial charge in [0.05, 0.1) is 19.3 Å². The Morgan fingerprint density at radius 3 is 2.83 bits per heavy atom. The van der Waals surface area contributed by atoms with Crippen molar-refractivity contribution in [2.24, 2.45) is 4.99 Å². The van der Waals surface area contributed by atoms with Gasteiger partial charge >= 0.3 is 6.18 Å². The van der Waals surface area contributed by atoms with Crippen LogP contribution in [0.15, 0.2) is 23.3 Å². The second-order valence-corrected chi connectivity index (χ2v) is 6.95. The van der Waals surface area contributed by atoms with E-state index < -0.39 is 12.8 Å². The molecule has 7 nitrogen and oxygen atoms in total. The standard InChI is InChI=1S/C19H27F3N4O3.HI/c1-2-23-18(26-8-10-28-16(12-26)15-6-4-9-27-15)25-11-14-5-3-7-24-17(14)29-13-19(20,21)22;/h3,5,7,15-16H,2,4,6,8-13H2,1H3,(H,23,25);1H. The van der Waals surface area contributed by atoms with E-state index in [1.165, 1.54) is 6.20 Å². The first kappa shape index (κ1) is 24.9. The van der Waals surface area contributed by atoms with E-state index in [0.29, 0.717) is 37.8 Å². The number of hydrogen-bond acceptors (Lipinski definition) is 5. The minimum absolute atomic E-state index is 0. The van der Waals surface area contributed by atoms with Crippen LogP contribution in [0.3, 0.4) is 0 Å². The van der Waals surface area contributed by atoms with Crippen molar-refractivity contribution in [3.05, 3.63) is 23.9 Å². The molecule has 2 fully saturated rings. The van der Waals surface area contributed by atoms with E-state index in [2.05, 4.69) is 20.2 Å². The minimum atomic E-state index is -4.42. The van der Waals surface area contributed by atoms with Crippen molar-refractivity contribution in [2.75, 3.05) is 39.5 Å². The zero-order valence-corrected chi connectivity index (χ0v) is 19.2. The number of pyridine rings is 1. The van der Waals surface area contributed by atoms with Crippen LogP contribution in [-0.4, -0.2) is 73.7 Å². The lowest BCUT2D eigenvalue weighted by molar-refractivity contribution is -0.154. The van der Waals surface area contributed by atoms with Crippen molar-refractivity contribution in [2.45, 2.75) is 44.7 Å². The molecule has 2 aliphatic rings. The van der Waals surface area contributed by atoms with E-state index >= 15 is 0 Å². The fourth-order valence-electron chi connectivity index (χ4n) is 3.40. The number of aromatic nitrogens is 1. The van der Waals surface area contributed by atoms with E-state index in [1.807, 2.05) is 6.92 Å². The summed E-state index contributed by atoms with van der Waals surface area (Å²) in [6.45, 7) is 4.09. The number of aliphatic imine (C=N–C) groups is 1. The number of hydrogen-bond donors (Lipinski definition) is 1. The SMILES string of the molecule is CCNC(=NCc1cccnc1OCC(F)(F)F)N1CCOC(C2CCCO2)C1.I. The maximum absolute atomic E-state index is 12.5. The summed E-state index contributed by atoms with van der Waals surface area (Å²) < 4.78 is 53.9. The van der Waals surface area contributed by atoms with Crippen LogP contribution in [0.1, 0.15) is 25.3 Å². The summed E-state index contributed by atoms with van der Waals surface area (Å²) in [5.74, 6) is 0.632. The van der Waals surface area contributed by atoms with E-state index in [-0.39, 0.29) is 48.6 Å². The molecule has 2 aliphatic heterocycles. The van der Waals surface area contributed by atoms with Gasteiger partial charge in [0, 0.05) is 38.0 Å². The van der Waals surface area contributed by atoms with E-state index in [1.54, 1.807) is 12.1 Å². The molecule has 2 unspecified atom stereocenters. The highest BCUT2D eigenvalue weighted by Crippen LogP contribution is 2.22. The van der Waals surface area contributed by atoms with Gasteiger partial charge in [0.15, 0.2) is 12.6 Å². The van der Waals surface area contributed by atoms with Gasteiger partial charge in [-0.2, -0.15) is 13.2 Å². The lowest BCUT2D eigenvalue weighted by Crippen LogP contribution is -2.53. The van der Waals surface area contributed by atoms with Crippen LogP contribution in [0.2, 0.25) is 0 Å². The van der Waals surface area contributed by atoms with Crippen molar-refractivity contribution in [1.82, 2.24) is 15.2 Å². The number of halogens is 4. The van der Waals surface area contributed by atoms with Gasteiger partial charge in [0.1, 0.15) is 6.10 Å². The third-order valence-corrected chi connectivity index (χ3v) is 4.73. The molecule has 0 saturated carbocycles. The average molecular weight is 544 g/mol. The van der Waals surface area contributed by atoms with E-state index in [4.69, 9.17) is 14.2 Å². The normalized spacial score (nSPS) is 22.5. The number of nitrogens with one attached hydrogen (secondary N) is 1. The highest BCUT2D eigenvalue weighted by atomic mass is 127. The van der Waals surface area contributed by atoms with Crippen molar-refractivity contribution in [3.63, 3.8) is 0 Å². The van der Waals surface area contributed by atoms with Crippen LogP contribution >= 0.6 is 24.0 Å². The topological polar surface area (TPSA) is 68.2 Å². The quantitative estimate of drug-likeness (QED) is 0.338. The lowest BCUT2D eigenvalue weighted by Gasteiger charge is -2.37. The molecule has 0 radical (unpaired) electrons. The number of alkyl halides is 3. The molecular weight excluding hydrogens is 516 g/mol. The Kier molecular flexibility index (Phi) is 9.88. The first-order chi connectivity index (χ1) is 14.0. The van der Waals surface area contributed by atoms with Crippen molar-refractivity contribution >= 4 is 29.9 Å². The summed E-state index contributed by atoms with van der Waals surface area (Å²) in [7, 11) is 0. The summed E-state index contributed by atoms with van der Waals surface area (Å²) in [6, 6.07) is 3.32. The predicted octanol–water partition coefficient (Wildman–Crippen LogP) is 2.99. The highest BCUT2D eigenvalue weighted by Gasteiger charge is 2.32. The monoisotopic (exact) mass is 544 g/mol. The molecule has 0 aromatic carbocycles. The lowest BCUT2D eigenvalue weighted by atomic mass is 10.1. The van der Waals surface area contributed by atoms with Crippen LogP contribution in [-0.2, 0) is 16.0 Å². The van der Waals surface area contributed by atoms with Crippen molar-refractivity contribution in [3.8, 4) is 5.88 Å². The molecule has 3 heterocycles. The van der Waals surface area contributed by atoms with Crippen molar-refractivity contribution in [1.29, 1.82) is 0 Å². The number of nitrogens with zero attached hydrogens (tertiary/aromatic N) is 3. The largest absolute Gasteiger partial charge is 0.468 e. The second-order valence-electron chi connectivity index (χ2n) is 6.95. The number of guanidine groups is 1. The maximum atomic E-state index is 12.5. The zero-order valence-electron chi connectivity index (χ0n) is 16.9. The number of rotatable bonds is 6. The summed E-state index contributed by atoms with van der Waals surface area (Å²) >= 11 is 0. The van der Waals surface area contributed by atoms with E-state index in [0.717, 1.165) is 19.4 Å². The Bertz CT molecular complexity index is 687. The van der Waals surface area contributed by atoms with Crippen LogP contribution in [0.5, 0.6) is 5.88 Å². The van der Waals surface area contributed by atoms with Gasteiger partial charge in [-0.25, -0.2) is 9.98 Å². The second kappa shape index (κ2) is 11.9. The smallest absolute Gasteiger partial charge is 0.422 e. The molecule has 11 heteroatoms. The Hall–Kier alpha value is -1.34. The van der Waals surface area contributed by atoms with Crippen LogP contribution < -0.4 is 10.1 Å². The molecule has 30 heavy (non-hydrogen) atoms. The molecular formula is C19H28F3IN4O3. The van der Waals surface area contributed by atoms with Gasteiger partial charge in [0.25, 0.3) is 0 Å². The predicted molar refractivity (Wildman–Crippen MR) is 116 cm³/mol. The fraction of sp³-hybridized carbons (Fsp3) is 0.684. The Morgan fingerprint density at radius 1 is 1.33 bits per heavy atom. The molecule has 2 atom stereocenters. The molecule has 0 spiro atoms. The molecule has 1 aromatic heterocycles. The first-order valence-electron chi connectivity index (χ1n) is 9.86. The molecule has 1 aromatic rings. The summed E-state index contributed by atoms with van der Waals surface area (Å²) in [6.07, 6.45) is -0.904. The molecule has 170 valence electrons. The average Bonchev–Trinajstić information content (AvgIpc) is 3.25. The Balaban J connectivity index is 0.00000320. The number of morpholine rings is 1. The third kappa shape index (κ3) is 7.41. The molecule has 1 N–H and O–H groups in total. The Morgan fingerprint density at radius 2 is 2.13 bits per heavy atom. The first-order valence-corrected chi connectivity index (χ1v) is 9.86. The Labute approximate surface area is 191 Å². The molecule has 0 amide bonds. The summed E-state index contributed by atoms with van der Waals surface area (Å²) in [5, 5.41) is 3.25. The zero-order chi connectivity index (χ0) is 20.7. The maximum Gasteiger partial charge on any atom is 0.422 e. The van der Waals surface area contributed by atoms with Gasteiger partial charge in [-0.3, -0.25) is 0 Å². The number of ether oxygens (including phenoxy) is 3. The van der Waals surface area contributed by atoms with Crippen LogP contribution in [0.4, 0.5) is 13.2 Å². The molecule has 2 saturated heterocycles. The van der Waals surface area contributed by atoms with Crippen molar-refractivity contribution < 1.29 is 27.4 Å². The van der Waals surface area contributed by atoms with Crippen LogP contribution in [0, 0.1) is 0 Å². The third-order valence-electron chi connectivity index (χ3n) is 4.73. The molecule has 3 rings (SSSR count). The van der Waals surface area contributed by atoms with Gasteiger partial charge in [0.2, 0.25) is 5.88 Å². The summed E-state index contributed by atoms with van der Waals surface area (Å²) in [5.41, 5.74) is 0.496. The van der Waals surface area contributed by atoms with Gasteiger partial charge in [-0.1, -0.05) is 6.07 Å². The van der Waals surface area contributed by atoms with Gasteiger partial charge < -0.3 is 24.4 Å². The highest BCUT2D eigenvalue weighted by molar-refractivity contribution is 14.0. The fourth-order valence-corrected chi connectivity index (χ4v) is 3.40. The summed E-state index contributed by atoms with van der Waals surface area (Å²) in [4.78, 5) is 10.6. The molecule has 0 bridgehead atoms. The van der Waals surface area contributed by atoms with E-state index in [9.17, 15) is 13.2 Å². The molecule has 0 aliphatic carbocycles.